The molecule has 0 atom stereocenters. The lowest BCUT2D eigenvalue weighted by molar-refractivity contribution is 0.0731. The number of esters is 1. The molecule has 3 aromatic carbocycles. The fourth-order valence-electron chi connectivity index (χ4n) is 3.06. The maximum Gasteiger partial charge on any atom is 0.343 e. The van der Waals surface area contributed by atoms with Crippen molar-refractivity contribution >= 4 is 16.9 Å². The van der Waals surface area contributed by atoms with E-state index in [0.717, 1.165) is 23.8 Å². The average Bonchev–Trinajstić information content (AvgIpc) is 2.71. The molecule has 4 N–H and O–H groups in total. The van der Waals surface area contributed by atoms with Gasteiger partial charge in [-0.05, 0) is 37.3 Å². The number of ether oxygens (including phenoxy) is 1. The molecular formula is C23H16O8. The van der Waals surface area contributed by atoms with Crippen LogP contribution >= 0.6 is 0 Å². The largest absolute Gasteiger partial charge is 0.508 e. The van der Waals surface area contributed by atoms with Gasteiger partial charge in [-0.15, -0.1) is 0 Å². The molecule has 0 aliphatic rings. The zero-order valence-corrected chi connectivity index (χ0v) is 16.1. The molecule has 0 fully saturated rings. The van der Waals surface area contributed by atoms with Crippen LogP contribution in [-0.2, 0) is 0 Å². The van der Waals surface area contributed by atoms with Gasteiger partial charge in [-0.1, -0.05) is 17.7 Å². The molecule has 8 heteroatoms. The summed E-state index contributed by atoms with van der Waals surface area (Å²) in [5.41, 5.74) is 0.192. The predicted octanol–water partition coefficient (Wildman–Crippen LogP) is 3.81. The Morgan fingerprint density at radius 2 is 1.58 bits per heavy atom. The summed E-state index contributed by atoms with van der Waals surface area (Å²) in [6, 6.07) is 12.2. The molecule has 0 bridgehead atoms. The van der Waals surface area contributed by atoms with Gasteiger partial charge < -0.3 is 29.6 Å². The van der Waals surface area contributed by atoms with Crippen molar-refractivity contribution in [2.75, 3.05) is 0 Å². The number of carbonyl (C=O) groups is 1. The Labute approximate surface area is 174 Å². The molecule has 4 rings (SSSR count). The number of phenolic OH excluding ortho intramolecular Hbond substituents is 4. The zero-order chi connectivity index (χ0) is 22.3. The number of aromatic hydroxyl groups is 4. The molecule has 4 aromatic rings. The summed E-state index contributed by atoms with van der Waals surface area (Å²) < 4.78 is 11.0. The number of phenols is 4. The van der Waals surface area contributed by atoms with Crippen LogP contribution in [0.2, 0.25) is 0 Å². The second-order valence-corrected chi connectivity index (χ2v) is 6.89. The molecule has 0 radical (unpaired) electrons. The van der Waals surface area contributed by atoms with E-state index in [0.29, 0.717) is 0 Å². The van der Waals surface area contributed by atoms with E-state index in [1.807, 2.05) is 6.92 Å². The van der Waals surface area contributed by atoms with Gasteiger partial charge in [-0.25, -0.2) is 4.79 Å². The van der Waals surface area contributed by atoms with E-state index in [1.54, 1.807) is 12.1 Å². The molecule has 1 heterocycles. The highest BCUT2D eigenvalue weighted by molar-refractivity contribution is 5.94. The molecule has 0 unspecified atom stereocenters. The van der Waals surface area contributed by atoms with Gasteiger partial charge in [0.25, 0.3) is 0 Å². The molecule has 0 spiro atoms. The van der Waals surface area contributed by atoms with E-state index in [1.165, 1.54) is 24.3 Å². The second-order valence-electron chi connectivity index (χ2n) is 6.89. The van der Waals surface area contributed by atoms with Crippen LogP contribution in [0.25, 0.3) is 22.3 Å². The zero-order valence-electron chi connectivity index (χ0n) is 16.1. The van der Waals surface area contributed by atoms with Gasteiger partial charge in [0.2, 0.25) is 11.2 Å². The van der Waals surface area contributed by atoms with E-state index in [4.69, 9.17) is 9.15 Å². The summed E-state index contributed by atoms with van der Waals surface area (Å²) in [6.45, 7) is 1.85. The van der Waals surface area contributed by atoms with E-state index in [9.17, 15) is 30.0 Å². The Morgan fingerprint density at radius 1 is 0.871 bits per heavy atom. The minimum atomic E-state index is -0.859. The summed E-state index contributed by atoms with van der Waals surface area (Å²) in [6.07, 6.45) is 0. The normalized spacial score (nSPS) is 10.9. The lowest BCUT2D eigenvalue weighted by Crippen LogP contribution is -2.16. The van der Waals surface area contributed by atoms with Crippen LogP contribution in [0.3, 0.4) is 0 Å². The van der Waals surface area contributed by atoms with Gasteiger partial charge in [0.05, 0.1) is 5.56 Å². The van der Waals surface area contributed by atoms with Crippen LogP contribution in [0.1, 0.15) is 15.9 Å². The van der Waals surface area contributed by atoms with E-state index in [-0.39, 0.29) is 33.6 Å². The van der Waals surface area contributed by atoms with Crippen LogP contribution in [0, 0.1) is 6.92 Å². The maximum atomic E-state index is 13.1. The summed E-state index contributed by atoms with van der Waals surface area (Å²) >= 11 is 0. The Kier molecular flexibility index (Phi) is 4.75. The Bertz CT molecular complexity index is 1380. The number of rotatable bonds is 3. The highest BCUT2D eigenvalue weighted by atomic mass is 16.5. The third-order valence-corrected chi connectivity index (χ3v) is 4.64. The van der Waals surface area contributed by atoms with Gasteiger partial charge in [0.15, 0.2) is 17.3 Å². The van der Waals surface area contributed by atoms with Gasteiger partial charge >= 0.3 is 5.97 Å². The first-order valence-corrected chi connectivity index (χ1v) is 9.08. The van der Waals surface area contributed by atoms with Crippen molar-refractivity contribution in [2.24, 2.45) is 0 Å². The monoisotopic (exact) mass is 420 g/mol. The summed E-state index contributed by atoms with van der Waals surface area (Å²) in [5, 5.41) is 39.0. The van der Waals surface area contributed by atoms with Crippen molar-refractivity contribution < 1.29 is 34.4 Å². The van der Waals surface area contributed by atoms with Crippen molar-refractivity contribution in [3.63, 3.8) is 0 Å². The third-order valence-electron chi connectivity index (χ3n) is 4.64. The van der Waals surface area contributed by atoms with Crippen LogP contribution in [0.5, 0.6) is 28.7 Å². The average molecular weight is 420 g/mol. The molecule has 8 nitrogen and oxygen atoms in total. The topological polar surface area (TPSA) is 137 Å². The van der Waals surface area contributed by atoms with Crippen molar-refractivity contribution in [3.05, 3.63) is 75.9 Å². The number of fused-ring (bicyclic) bond motifs is 1. The van der Waals surface area contributed by atoms with Crippen LogP contribution < -0.4 is 10.2 Å². The lowest BCUT2D eigenvalue weighted by Gasteiger charge is -2.12. The Balaban J connectivity index is 1.95. The van der Waals surface area contributed by atoms with E-state index in [2.05, 4.69) is 0 Å². The predicted molar refractivity (Wildman–Crippen MR) is 111 cm³/mol. The van der Waals surface area contributed by atoms with Gasteiger partial charge in [0, 0.05) is 17.7 Å². The highest BCUT2D eigenvalue weighted by Gasteiger charge is 2.24. The molecular weight excluding hydrogens is 404 g/mol. The second kappa shape index (κ2) is 7.42. The van der Waals surface area contributed by atoms with Crippen LogP contribution in [-0.4, -0.2) is 26.4 Å². The van der Waals surface area contributed by atoms with Gasteiger partial charge in [0.1, 0.15) is 22.5 Å². The molecule has 0 aliphatic carbocycles. The van der Waals surface area contributed by atoms with E-state index < -0.39 is 34.4 Å². The minimum Gasteiger partial charge on any atom is -0.508 e. The molecule has 1 aromatic heterocycles. The van der Waals surface area contributed by atoms with E-state index >= 15 is 0 Å². The molecule has 0 aliphatic heterocycles. The van der Waals surface area contributed by atoms with Gasteiger partial charge in [-0.2, -0.15) is 0 Å². The maximum absolute atomic E-state index is 13.1. The number of benzene rings is 3. The fraction of sp³-hybridized carbons (Fsp3) is 0.0435. The van der Waals surface area contributed by atoms with Gasteiger partial charge in [-0.3, -0.25) is 4.79 Å². The first-order chi connectivity index (χ1) is 14.7. The first kappa shape index (κ1) is 19.8. The summed E-state index contributed by atoms with van der Waals surface area (Å²) in [5.74, 6) is -3.40. The molecule has 0 saturated heterocycles. The third kappa shape index (κ3) is 3.62. The number of aryl methyl sites for hydroxylation is 1. The van der Waals surface area contributed by atoms with Crippen LogP contribution in [0.4, 0.5) is 0 Å². The highest BCUT2D eigenvalue weighted by Crippen LogP contribution is 2.38. The van der Waals surface area contributed by atoms with Crippen molar-refractivity contribution in [3.8, 4) is 40.1 Å². The Morgan fingerprint density at radius 3 is 2.26 bits per heavy atom. The first-order valence-electron chi connectivity index (χ1n) is 9.08. The molecule has 156 valence electrons. The fourth-order valence-corrected chi connectivity index (χ4v) is 3.06. The van der Waals surface area contributed by atoms with Crippen molar-refractivity contribution in [2.45, 2.75) is 6.92 Å². The quantitative estimate of drug-likeness (QED) is 0.290. The number of carbonyl (C=O) groups excluding carboxylic acids is 1. The van der Waals surface area contributed by atoms with Crippen molar-refractivity contribution in [1.82, 2.24) is 0 Å². The van der Waals surface area contributed by atoms with Crippen molar-refractivity contribution in [1.29, 1.82) is 0 Å². The van der Waals surface area contributed by atoms with Crippen LogP contribution in [0.15, 0.2) is 63.8 Å². The summed E-state index contributed by atoms with van der Waals surface area (Å²) in [7, 11) is 0. The molecule has 0 amide bonds. The molecule has 31 heavy (non-hydrogen) atoms. The standard InChI is InChI=1S/C23H16O8/c1-11-2-4-12(5-3-11)23(29)31-22-20(28)19-17(27)9-14(24)10-18(19)30-21(22)13-6-7-15(25)16(26)8-13/h2-10,24-27H,1H3. The Hall–Kier alpha value is -4.46. The number of hydrogen-bond donors (Lipinski definition) is 4. The minimum absolute atomic E-state index is 0.115. The molecule has 0 saturated carbocycles. The number of hydrogen-bond acceptors (Lipinski definition) is 8. The lowest BCUT2D eigenvalue weighted by atomic mass is 10.1. The SMILES string of the molecule is Cc1ccc(C(=O)Oc2c(-c3ccc(O)c(O)c3)oc3cc(O)cc(O)c3c2=O)cc1. The summed E-state index contributed by atoms with van der Waals surface area (Å²) in [4.78, 5) is 25.8. The smallest absolute Gasteiger partial charge is 0.343 e.